The first kappa shape index (κ1) is 27.9. The summed E-state index contributed by atoms with van der Waals surface area (Å²) in [6, 6.07) is 0.487. The maximum Gasteiger partial charge on any atom is 0.327 e. The second kappa shape index (κ2) is 13.4. The number of nitrogens with zero attached hydrogens (tertiary/aromatic N) is 3. The standard InChI is InChI=1S/C20H35N5O4.2ClH/c1-15(26)25(18-4-2-16(3-5-18)22-14-19(27)28)20(29)24-12-10-23(11-13-24)17-6-8-21-9-7-17;;/h16-18,21-22H,2-14H2,1H3,(H,27,28);2*1H/t16-,18-;;. The van der Waals surface area contributed by atoms with Gasteiger partial charge in [0, 0.05) is 51.2 Å². The van der Waals surface area contributed by atoms with Gasteiger partial charge in [-0.1, -0.05) is 0 Å². The van der Waals surface area contributed by atoms with E-state index < -0.39 is 5.97 Å². The number of carbonyl (C=O) groups is 3. The van der Waals surface area contributed by atoms with Gasteiger partial charge in [0.25, 0.3) is 0 Å². The molecule has 0 bridgehead atoms. The van der Waals surface area contributed by atoms with Gasteiger partial charge in [0.05, 0.1) is 6.54 Å². The van der Waals surface area contributed by atoms with E-state index in [0.29, 0.717) is 19.1 Å². The van der Waals surface area contributed by atoms with Crippen LogP contribution in [0.5, 0.6) is 0 Å². The zero-order valence-corrected chi connectivity index (χ0v) is 19.9. The minimum atomic E-state index is -0.865. The van der Waals surface area contributed by atoms with Crippen LogP contribution >= 0.6 is 24.8 Å². The number of imide groups is 1. The number of carbonyl (C=O) groups excluding carboxylic acids is 2. The Kier molecular flexibility index (Phi) is 12.1. The van der Waals surface area contributed by atoms with Crippen molar-refractivity contribution in [2.24, 2.45) is 0 Å². The topological polar surface area (TPSA) is 105 Å². The number of rotatable bonds is 5. The minimum Gasteiger partial charge on any atom is -0.480 e. The van der Waals surface area contributed by atoms with Crippen LogP contribution in [0, 0.1) is 0 Å². The monoisotopic (exact) mass is 481 g/mol. The summed E-state index contributed by atoms with van der Waals surface area (Å²) in [6.07, 6.45) is 5.31. The van der Waals surface area contributed by atoms with Crippen LogP contribution in [0.25, 0.3) is 0 Å². The summed E-state index contributed by atoms with van der Waals surface area (Å²) in [5, 5.41) is 15.2. The molecule has 0 atom stereocenters. The highest BCUT2D eigenvalue weighted by molar-refractivity contribution is 5.93. The van der Waals surface area contributed by atoms with Crippen LogP contribution in [0.1, 0.15) is 45.4 Å². The van der Waals surface area contributed by atoms with Crippen molar-refractivity contribution in [1.29, 1.82) is 0 Å². The van der Waals surface area contributed by atoms with Crippen molar-refractivity contribution >= 4 is 42.7 Å². The molecule has 180 valence electrons. The number of urea groups is 1. The SMILES string of the molecule is CC(=O)N(C(=O)N1CCN(C2CCNCC2)CC1)[C@H]1CC[C@H](NCC(=O)O)CC1.Cl.Cl. The summed E-state index contributed by atoms with van der Waals surface area (Å²) >= 11 is 0. The molecule has 1 saturated carbocycles. The number of carboxylic acid groups (broad SMARTS) is 1. The molecular formula is C20H37Cl2N5O4. The third-order valence-corrected chi connectivity index (χ3v) is 6.56. The van der Waals surface area contributed by atoms with Gasteiger partial charge in [-0.05, 0) is 51.6 Å². The maximum atomic E-state index is 13.1. The van der Waals surface area contributed by atoms with Gasteiger partial charge in [0.2, 0.25) is 5.91 Å². The Bertz CT molecular complexity index is 590. The quantitative estimate of drug-likeness (QED) is 0.540. The van der Waals surface area contributed by atoms with Gasteiger partial charge in [-0.15, -0.1) is 24.8 Å². The van der Waals surface area contributed by atoms with Gasteiger partial charge in [-0.25, -0.2) is 4.79 Å². The molecule has 3 aliphatic rings. The summed E-state index contributed by atoms with van der Waals surface area (Å²) < 4.78 is 0. The van der Waals surface area contributed by atoms with Crippen LogP contribution < -0.4 is 10.6 Å². The number of piperidine rings is 1. The molecule has 9 nitrogen and oxygen atoms in total. The molecule has 1 aliphatic carbocycles. The molecule has 3 fully saturated rings. The number of piperazine rings is 1. The number of amides is 3. The molecule has 31 heavy (non-hydrogen) atoms. The Morgan fingerprint density at radius 1 is 0.968 bits per heavy atom. The molecule has 3 rings (SSSR count). The third-order valence-electron chi connectivity index (χ3n) is 6.56. The van der Waals surface area contributed by atoms with Crippen LogP contribution in [0.15, 0.2) is 0 Å². The molecule has 3 amide bonds. The first-order valence-corrected chi connectivity index (χ1v) is 10.9. The number of nitrogens with one attached hydrogen (secondary N) is 2. The van der Waals surface area contributed by atoms with Crippen LogP contribution in [0.2, 0.25) is 0 Å². The number of aliphatic carboxylic acids is 1. The van der Waals surface area contributed by atoms with Crippen molar-refractivity contribution in [3.05, 3.63) is 0 Å². The minimum absolute atomic E-state index is 0. The highest BCUT2D eigenvalue weighted by Crippen LogP contribution is 2.25. The fraction of sp³-hybridized carbons (Fsp3) is 0.850. The first-order chi connectivity index (χ1) is 14.0. The van der Waals surface area contributed by atoms with Crippen molar-refractivity contribution < 1.29 is 19.5 Å². The third kappa shape index (κ3) is 7.75. The molecule has 0 aromatic carbocycles. The lowest BCUT2D eigenvalue weighted by Gasteiger charge is -2.43. The molecular weight excluding hydrogens is 445 g/mol. The lowest BCUT2D eigenvalue weighted by molar-refractivity contribution is -0.136. The molecule has 3 N–H and O–H groups in total. The average Bonchev–Trinajstić information content (AvgIpc) is 2.73. The lowest BCUT2D eigenvalue weighted by atomic mass is 9.90. The van der Waals surface area contributed by atoms with Crippen molar-refractivity contribution in [3.8, 4) is 0 Å². The molecule has 2 heterocycles. The Hall–Kier alpha value is -1.13. The fourth-order valence-corrected chi connectivity index (χ4v) is 4.92. The highest BCUT2D eigenvalue weighted by atomic mass is 35.5. The Labute approximate surface area is 197 Å². The van der Waals surface area contributed by atoms with Crippen molar-refractivity contribution in [3.63, 3.8) is 0 Å². The summed E-state index contributed by atoms with van der Waals surface area (Å²) in [6.45, 7) is 6.62. The van der Waals surface area contributed by atoms with E-state index in [-0.39, 0.29) is 55.4 Å². The summed E-state index contributed by atoms with van der Waals surface area (Å²) in [7, 11) is 0. The van der Waals surface area contributed by atoms with Crippen molar-refractivity contribution in [2.75, 3.05) is 45.8 Å². The van der Waals surface area contributed by atoms with E-state index in [2.05, 4.69) is 15.5 Å². The number of carboxylic acids is 1. The zero-order chi connectivity index (χ0) is 20.8. The molecule has 0 aromatic heterocycles. The normalized spacial score (nSPS) is 25.1. The summed E-state index contributed by atoms with van der Waals surface area (Å²) in [5.74, 6) is -1.06. The Morgan fingerprint density at radius 2 is 1.55 bits per heavy atom. The van der Waals surface area contributed by atoms with E-state index >= 15 is 0 Å². The number of halogens is 2. The molecule has 0 unspecified atom stereocenters. The second-order valence-corrected chi connectivity index (χ2v) is 8.46. The van der Waals surface area contributed by atoms with Crippen LogP contribution in [0.3, 0.4) is 0 Å². The van der Waals surface area contributed by atoms with Crippen molar-refractivity contribution in [2.45, 2.75) is 63.6 Å². The van der Waals surface area contributed by atoms with Crippen LogP contribution in [-0.4, -0.2) is 102 Å². The van der Waals surface area contributed by atoms with E-state index in [1.807, 2.05) is 4.90 Å². The highest BCUT2D eigenvalue weighted by Gasteiger charge is 2.35. The lowest BCUT2D eigenvalue weighted by Crippen LogP contribution is -2.58. The maximum absolute atomic E-state index is 13.1. The predicted molar refractivity (Wildman–Crippen MR) is 123 cm³/mol. The van der Waals surface area contributed by atoms with E-state index in [0.717, 1.165) is 64.7 Å². The summed E-state index contributed by atoms with van der Waals surface area (Å²) in [5.41, 5.74) is 0. The van der Waals surface area contributed by atoms with Gasteiger partial charge in [0.1, 0.15) is 0 Å². The van der Waals surface area contributed by atoms with Crippen LogP contribution in [0.4, 0.5) is 4.79 Å². The van der Waals surface area contributed by atoms with Gasteiger partial charge in [-0.3, -0.25) is 19.4 Å². The molecule has 0 spiro atoms. The Morgan fingerprint density at radius 3 is 2.06 bits per heavy atom. The summed E-state index contributed by atoms with van der Waals surface area (Å²) in [4.78, 5) is 41.9. The fourth-order valence-electron chi connectivity index (χ4n) is 4.92. The molecule has 2 saturated heterocycles. The van der Waals surface area contributed by atoms with Gasteiger partial charge < -0.3 is 20.6 Å². The molecule has 2 aliphatic heterocycles. The van der Waals surface area contributed by atoms with Gasteiger partial charge >= 0.3 is 12.0 Å². The van der Waals surface area contributed by atoms with E-state index in [1.165, 1.54) is 11.8 Å². The molecule has 0 aromatic rings. The largest absolute Gasteiger partial charge is 0.480 e. The number of hydrogen-bond donors (Lipinski definition) is 3. The first-order valence-electron chi connectivity index (χ1n) is 10.9. The Balaban J connectivity index is 0.00000240. The van der Waals surface area contributed by atoms with E-state index in [1.54, 1.807) is 0 Å². The average molecular weight is 482 g/mol. The van der Waals surface area contributed by atoms with Gasteiger partial charge in [-0.2, -0.15) is 0 Å². The molecule has 0 radical (unpaired) electrons. The zero-order valence-electron chi connectivity index (χ0n) is 18.3. The number of hydrogen-bond acceptors (Lipinski definition) is 6. The van der Waals surface area contributed by atoms with E-state index in [4.69, 9.17) is 5.11 Å². The predicted octanol–water partition coefficient (Wildman–Crippen LogP) is 1.15. The van der Waals surface area contributed by atoms with Crippen LogP contribution in [-0.2, 0) is 9.59 Å². The second-order valence-electron chi connectivity index (χ2n) is 8.46. The van der Waals surface area contributed by atoms with Crippen molar-refractivity contribution in [1.82, 2.24) is 25.3 Å². The molecule has 11 heteroatoms. The van der Waals surface area contributed by atoms with E-state index in [9.17, 15) is 14.4 Å². The van der Waals surface area contributed by atoms with Gasteiger partial charge in [0.15, 0.2) is 0 Å². The smallest absolute Gasteiger partial charge is 0.327 e.